The third kappa shape index (κ3) is 5.71. The highest BCUT2D eigenvalue weighted by molar-refractivity contribution is 7.68. The second kappa shape index (κ2) is 8.09. The molecule has 0 bridgehead atoms. The predicted octanol–water partition coefficient (Wildman–Crippen LogP) is -0.0428. The highest BCUT2D eigenvalue weighted by atomic mass is 31.3. The molecule has 1 aliphatic rings. The third-order valence-electron chi connectivity index (χ3n) is 3.72. The molecule has 2 heterocycles. The number of allylic oxidation sites excluding steroid dienone is 1. The van der Waals surface area contributed by atoms with Crippen LogP contribution in [0.1, 0.15) is 12.5 Å². The first-order valence-corrected chi connectivity index (χ1v) is 12.7. The van der Waals surface area contributed by atoms with Crippen LogP contribution in [0.3, 0.4) is 0 Å². The first-order chi connectivity index (χ1) is 13.7. The maximum Gasteiger partial charge on any atom is 0.488 e. The molecule has 166 valence electrons. The number of aromatic amines is 1. The summed E-state index contributed by atoms with van der Waals surface area (Å²) in [6.45, 7) is 0. The van der Waals surface area contributed by atoms with Crippen molar-refractivity contribution in [3.05, 3.63) is 28.8 Å². The van der Waals surface area contributed by atoms with Crippen LogP contribution in [0.2, 0.25) is 0 Å². The Kier molecular flexibility index (Phi) is 6.20. The molecule has 0 amide bonds. The van der Waals surface area contributed by atoms with Gasteiger partial charge in [0.2, 0.25) is 5.95 Å². The Morgan fingerprint density at radius 3 is 2.57 bits per heavy atom. The number of anilines is 1. The topological polar surface area (TPSA) is 249 Å². The number of aromatic nitrogens is 4. The number of nitrogens with two attached hydrogens (primary N) is 1. The SMILES string of the molecule is Nc1nc2c(ncn2[C@H]2C=C[C@@H](OCP(=O)(O)OP(=O)(O)OP(=O)(O)O)C2)c(=O)[nH]1. The van der Waals surface area contributed by atoms with E-state index in [-0.39, 0.29) is 23.5 Å². The fourth-order valence-electron chi connectivity index (χ4n) is 2.69. The van der Waals surface area contributed by atoms with E-state index in [2.05, 4.69) is 23.6 Å². The largest absolute Gasteiger partial charge is 0.488 e. The fraction of sp³-hybridized carbons (Fsp3) is 0.364. The van der Waals surface area contributed by atoms with E-state index >= 15 is 0 Å². The van der Waals surface area contributed by atoms with Crippen LogP contribution in [0.4, 0.5) is 5.95 Å². The molecule has 0 saturated heterocycles. The number of ether oxygens (including phenoxy) is 1. The monoisotopic (exact) mass is 487 g/mol. The van der Waals surface area contributed by atoms with E-state index in [0.717, 1.165) is 0 Å². The molecule has 30 heavy (non-hydrogen) atoms. The highest BCUT2D eigenvalue weighted by Crippen LogP contribution is 2.66. The van der Waals surface area contributed by atoms with Crippen LogP contribution in [0.25, 0.3) is 11.2 Å². The van der Waals surface area contributed by atoms with Crippen LogP contribution >= 0.6 is 23.2 Å². The summed E-state index contributed by atoms with van der Waals surface area (Å²) in [7, 11) is -15.9. The molecule has 7 N–H and O–H groups in total. The van der Waals surface area contributed by atoms with Gasteiger partial charge in [-0.1, -0.05) is 12.2 Å². The molecular weight excluding hydrogens is 471 g/mol. The minimum Gasteiger partial charge on any atom is -0.369 e. The van der Waals surface area contributed by atoms with Gasteiger partial charge in [-0.3, -0.25) is 14.3 Å². The Hall–Kier alpha value is -1.70. The lowest BCUT2D eigenvalue weighted by molar-refractivity contribution is 0.101. The Morgan fingerprint density at radius 1 is 1.20 bits per heavy atom. The second-order valence-electron chi connectivity index (χ2n) is 6.06. The van der Waals surface area contributed by atoms with Crippen LogP contribution in [-0.4, -0.2) is 51.5 Å². The zero-order valence-electron chi connectivity index (χ0n) is 14.7. The summed E-state index contributed by atoms with van der Waals surface area (Å²) in [6.07, 6.45) is 2.95. The van der Waals surface area contributed by atoms with Gasteiger partial charge < -0.3 is 34.6 Å². The Balaban J connectivity index is 1.63. The summed E-state index contributed by atoms with van der Waals surface area (Å²) >= 11 is 0. The minimum absolute atomic E-state index is 0.0685. The third-order valence-corrected chi connectivity index (χ3v) is 7.72. The maximum atomic E-state index is 11.9. The van der Waals surface area contributed by atoms with Crippen LogP contribution in [0.15, 0.2) is 23.3 Å². The lowest BCUT2D eigenvalue weighted by Crippen LogP contribution is -2.15. The van der Waals surface area contributed by atoms with Gasteiger partial charge in [0.05, 0.1) is 18.5 Å². The van der Waals surface area contributed by atoms with E-state index in [9.17, 15) is 23.4 Å². The zero-order valence-corrected chi connectivity index (χ0v) is 17.4. The molecule has 0 fully saturated rings. The van der Waals surface area contributed by atoms with Crippen molar-refractivity contribution in [2.45, 2.75) is 18.6 Å². The molecule has 0 aliphatic heterocycles. The van der Waals surface area contributed by atoms with Gasteiger partial charge in [0.1, 0.15) is 6.35 Å². The van der Waals surface area contributed by atoms with Gasteiger partial charge in [0.15, 0.2) is 11.2 Å². The average molecular weight is 487 g/mol. The first-order valence-electron chi connectivity index (χ1n) is 7.90. The number of hydrogen-bond acceptors (Lipinski definition) is 10. The van der Waals surface area contributed by atoms with Gasteiger partial charge in [0.25, 0.3) is 5.56 Å². The first kappa shape index (κ1) is 23.0. The van der Waals surface area contributed by atoms with Crippen molar-refractivity contribution in [3.63, 3.8) is 0 Å². The second-order valence-corrected chi connectivity index (χ2v) is 10.8. The lowest BCUT2D eigenvalue weighted by Gasteiger charge is -2.19. The number of fused-ring (bicyclic) bond motifs is 1. The number of phosphoric acid groups is 2. The van der Waals surface area contributed by atoms with Crippen molar-refractivity contribution < 1.29 is 46.6 Å². The Labute approximate surface area is 166 Å². The van der Waals surface area contributed by atoms with Gasteiger partial charge >= 0.3 is 23.2 Å². The van der Waals surface area contributed by atoms with Gasteiger partial charge in [0, 0.05) is 6.42 Å². The van der Waals surface area contributed by atoms with Crippen molar-refractivity contribution in [3.8, 4) is 0 Å². The molecule has 2 aromatic heterocycles. The van der Waals surface area contributed by atoms with Crippen LogP contribution in [0.5, 0.6) is 0 Å². The van der Waals surface area contributed by atoms with Crippen LogP contribution in [-0.2, 0) is 27.1 Å². The van der Waals surface area contributed by atoms with Crippen molar-refractivity contribution in [1.29, 1.82) is 0 Å². The summed E-state index contributed by atoms with van der Waals surface area (Å²) in [5, 5.41) is 0. The van der Waals surface area contributed by atoms with Crippen molar-refractivity contribution in [2.75, 3.05) is 12.1 Å². The highest BCUT2D eigenvalue weighted by Gasteiger charge is 2.40. The van der Waals surface area contributed by atoms with Gasteiger partial charge in [-0.05, 0) is 0 Å². The molecule has 4 atom stereocenters. The molecule has 0 radical (unpaired) electrons. The average Bonchev–Trinajstić information content (AvgIpc) is 3.15. The van der Waals surface area contributed by atoms with Crippen LogP contribution in [0, 0.1) is 0 Å². The number of nitrogens with zero attached hydrogens (tertiary/aromatic N) is 3. The Bertz CT molecular complexity index is 1190. The maximum absolute atomic E-state index is 11.9. The lowest BCUT2D eigenvalue weighted by atomic mass is 10.2. The number of nitrogen functional groups attached to an aromatic ring is 1. The number of hydrogen-bond donors (Lipinski definition) is 6. The molecule has 2 aromatic rings. The molecule has 0 aromatic carbocycles. The fourth-order valence-corrected chi connectivity index (χ4v) is 6.01. The zero-order chi connectivity index (χ0) is 22.3. The quantitative estimate of drug-likeness (QED) is 0.211. The van der Waals surface area contributed by atoms with E-state index < -0.39 is 47.3 Å². The van der Waals surface area contributed by atoms with E-state index in [0.29, 0.717) is 0 Å². The molecule has 1 aliphatic carbocycles. The molecule has 3 rings (SSSR count). The summed E-state index contributed by atoms with van der Waals surface area (Å²) < 4.78 is 48.0. The van der Waals surface area contributed by atoms with Crippen LogP contribution < -0.4 is 11.3 Å². The standard InChI is InChI=1S/C11H16N5O11P3/c12-11-14-9-8(10(17)15-11)13-4-16(9)6-1-2-7(3-6)25-5-28(18,19)26-30(23,24)27-29(20,21)22/h1-2,4,6-7H,3,5H2,(H,18,19)(H,23,24)(H2,20,21,22)(H3,12,14,15,17)/t6-,7+/m0/s1. The molecule has 0 saturated carbocycles. The van der Waals surface area contributed by atoms with Gasteiger partial charge in [-0.25, -0.2) is 18.4 Å². The van der Waals surface area contributed by atoms with E-state index in [1.54, 1.807) is 10.6 Å². The molecule has 2 unspecified atom stereocenters. The number of imidazole rings is 1. The summed E-state index contributed by atoms with van der Waals surface area (Å²) in [4.78, 5) is 57.9. The van der Waals surface area contributed by atoms with E-state index in [1.807, 2.05) is 0 Å². The smallest absolute Gasteiger partial charge is 0.369 e. The van der Waals surface area contributed by atoms with Gasteiger partial charge in [-0.2, -0.15) is 9.29 Å². The normalized spacial score (nSPS) is 23.5. The summed E-state index contributed by atoms with van der Waals surface area (Å²) in [5.41, 5.74) is 5.31. The molecule has 0 spiro atoms. The van der Waals surface area contributed by atoms with Crippen molar-refractivity contribution in [2.24, 2.45) is 0 Å². The Morgan fingerprint density at radius 2 is 1.90 bits per heavy atom. The summed E-state index contributed by atoms with van der Waals surface area (Å²) in [6, 6.07) is -0.394. The van der Waals surface area contributed by atoms with Gasteiger partial charge in [-0.15, -0.1) is 0 Å². The number of rotatable bonds is 8. The molecule has 16 nitrogen and oxygen atoms in total. The molecule has 19 heteroatoms. The summed E-state index contributed by atoms with van der Waals surface area (Å²) in [5.74, 6) is -0.103. The van der Waals surface area contributed by atoms with E-state index in [1.165, 1.54) is 12.4 Å². The number of nitrogens with one attached hydrogen (secondary N) is 1. The van der Waals surface area contributed by atoms with Crippen molar-refractivity contribution in [1.82, 2.24) is 19.5 Å². The predicted molar refractivity (Wildman–Crippen MR) is 99.0 cm³/mol. The minimum atomic E-state index is -5.52. The van der Waals surface area contributed by atoms with E-state index in [4.69, 9.17) is 25.2 Å². The molecular formula is C11H16N5O11P3. The van der Waals surface area contributed by atoms with Crippen molar-refractivity contribution >= 4 is 40.4 Å². The number of H-pyrrole nitrogens is 1.